The summed E-state index contributed by atoms with van der Waals surface area (Å²) in [6.07, 6.45) is 0.254. The topological polar surface area (TPSA) is 68.2 Å². The van der Waals surface area contributed by atoms with Crippen LogP contribution in [0, 0.1) is 0 Å². The van der Waals surface area contributed by atoms with Crippen molar-refractivity contribution in [2.24, 2.45) is 5.16 Å². The van der Waals surface area contributed by atoms with Crippen molar-refractivity contribution in [3.05, 3.63) is 71.3 Å². The average Bonchev–Trinajstić information content (AvgIpc) is 3.31. The lowest BCUT2D eigenvalue weighted by Crippen LogP contribution is -2.49. The van der Waals surface area contributed by atoms with Gasteiger partial charge in [0.25, 0.3) is 5.91 Å². The predicted molar refractivity (Wildman–Crippen MR) is 113 cm³/mol. The van der Waals surface area contributed by atoms with E-state index in [1.54, 1.807) is 0 Å². The summed E-state index contributed by atoms with van der Waals surface area (Å²) in [7, 11) is 0. The number of carbonyl (C=O) groups is 2. The third-order valence-corrected chi connectivity index (χ3v) is 5.82. The first-order valence-electron chi connectivity index (χ1n) is 10.3. The van der Waals surface area contributed by atoms with Crippen LogP contribution in [0.5, 0.6) is 0 Å². The molecule has 0 aliphatic carbocycles. The molecule has 6 heteroatoms. The Bertz CT molecular complexity index is 984. The molecule has 0 radical (unpaired) electrons. The van der Waals surface area contributed by atoms with E-state index >= 15 is 0 Å². The molecule has 2 aromatic rings. The van der Waals surface area contributed by atoms with Crippen molar-refractivity contribution in [3.63, 3.8) is 0 Å². The molecule has 1 saturated heterocycles. The minimum Gasteiger partial charge on any atom is -0.441 e. The Balaban J connectivity index is 1.54. The number of hydrogen-bond donors (Lipinski definition) is 0. The molecule has 2 atom stereocenters. The van der Waals surface area contributed by atoms with Gasteiger partial charge in [0.05, 0.1) is 11.8 Å². The highest BCUT2D eigenvalue weighted by atomic mass is 16.6. The third kappa shape index (κ3) is 3.70. The van der Waals surface area contributed by atoms with Gasteiger partial charge in [0.2, 0.25) is 6.10 Å². The van der Waals surface area contributed by atoms with E-state index in [9.17, 15) is 9.59 Å². The first-order valence-corrected chi connectivity index (χ1v) is 10.3. The number of nitrogens with zero attached hydrogens (tertiary/aromatic N) is 2. The smallest absolute Gasteiger partial charge is 0.417 e. The quantitative estimate of drug-likeness (QED) is 0.749. The summed E-state index contributed by atoms with van der Waals surface area (Å²) in [5.41, 5.74) is 3.11. The van der Waals surface area contributed by atoms with Crippen LogP contribution in [-0.4, -0.2) is 40.4 Å². The van der Waals surface area contributed by atoms with Gasteiger partial charge in [-0.1, -0.05) is 66.7 Å². The molecule has 2 aliphatic rings. The minimum atomic E-state index is -0.829. The Labute approximate surface area is 176 Å². The van der Waals surface area contributed by atoms with Gasteiger partial charge in [-0.2, -0.15) is 0 Å². The highest BCUT2D eigenvalue weighted by molar-refractivity contribution is 6.06. The van der Waals surface area contributed by atoms with Crippen molar-refractivity contribution in [3.8, 4) is 0 Å². The molecule has 4 rings (SSSR count). The van der Waals surface area contributed by atoms with Crippen molar-refractivity contribution >= 4 is 17.7 Å². The van der Waals surface area contributed by atoms with Crippen LogP contribution < -0.4 is 0 Å². The molecule has 1 fully saturated rings. The summed E-state index contributed by atoms with van der Waals surface area (Å²) in [5.74, 6) is -0.403. The Hall–Kier alpha value is -3.15. The molecule has 30 heavy (non-hydrogen) atoms. The Kier molecular flexibility index (Phi) is 5.33. The fourth-order valence-corrected chi connectivity index (χ4v) is 4.13. The number of carbonyl (C=O) groups excluding carboxylic acids is 2. The second-order valence-electron chi connectivity index (χ2n) is 8.23. The number of ether oxygens (including phenoxy) is 1. The molecule has 0 spiro atoms. The van der Waals surface area contributed by atoms with Crippen LogP contribution in [0.2, 0.25) is 0 Å². The fourth-order valence-electron chi connectivity index (χ4n) is 4.13. The zero-order valence-corrected chi connectivity index (χ0v) is 17.5. The number of amides is 2. The van der Waals surface area contributed by atoms with E-state index < -0.39 is 29.7 Å². The summed E-state index contributed by atoms with van der Waals surface area (Å²) < 4.78 is 5.55. The maximum Gasteiger partial charge on any atom is 0.417 e. The van der Waals surface area contributed by atoms with E-state index in [1.165, 1.54) is 4.90 Å². The zero-order valence-electron chi connectivity index (χ0n) is 17.5. The number of oxime groups is 1. The van der Waals surface area contributed by atoms with Gasteiger partial charge < -0.3 is 9.57 Å². The zero-order chi connectivity index (χ0) is 21.3. The van der Waals surface area contributed by atoms with E-state index in [4.69, 9.17) is 9.57 Å². The van der Waals surface area contributed by atoms with Crippen molar-refractivity contribution in [2.75, 3.05) is 0 Å². The number of rotatable bonds is 5. The molecule has 2 aromatic carbocycles. The lowest BCUT2D eigenvalue weighted by Gasteiger charge is -2.28. The number of benzene rings is 2. The summed E-state index contributed by atoms with van der Waals surface area (Å²) in [5, 5.41) is 4.18. The van der Waals surface area contributed by atoms with E-state index in [2.05, 4.69) is 12.1 Å². The molecule has 0 N–H and O–H groups in total. The van der Waals surface area contributed by atoms with Gasteiger partial charge in [0, 0.05) is 12.0 Å². The number of cyclic esters (lactones) is 1. The number of imide groups is 1. The Morgan fingerprint density at radius 3 is 2.57 bits per heavy atom. The molecule has 2 amide bonds. The normalized spacial score (nSPS) is 22.4. The highest BCUT2D eigenvalue weighted by Crippen LogP contribution is 2.34. The van der Waals surface area contributed by atoms with Crippen LogP contribution in [0.3, 0.4) is 0 Å². The van der Waals surface area contributed by atoms with Gasteiger partial charge in [0.15, 0.2) is 0 Å². The molecule has 0 bridgehead atoms. The summed E-state index contributed by atoms with van der Waals surface area (Å²) in [6.45, 7) is 5.75. The van der Waals surface area contributed by atoms with Crippen LogP contribution in [0.25, 0.3) is 0 Å². The lowest BCUT2D eigenvalue weighted by atomic mass is 9.91. The van der Waals surface area contributed by atoms with Crippen LogP contribution in [-0.2, 0) is 27.2 Å². The van der Waals surface area contributed by atoms with Gasteiger partial charge in [-0.25, -0.2) is 9.69 Å². The van der Waals surface area contributed by atoms with Crippen molar-refractivity contribution < 1.29 is 19.2 Å². The van der Waals surface area contributed by atoms with Gasteiger partial charge in [-0.05, 0) is 37.8 Å². The van der Waals surface area contributed by atoms with Crippen LogP contribution in [0.15, 0.2) is 59.8 Å². The van der Waals surface area contributed by atoms with E-state index in [0.29, 0.717) is 12.8 Å². The molecule has 0 unspecified atom stereocenters. The highest BCUT2D eigenvalue weighted by Gasteiger charge is 2.52. The molecule has 0 aromatic heterocycles. The molecule has 156 valence electrons. The average molecular weight is 406 g/mol. The van der Waals surface area contributed by atoms with Gasteiger partial charge in [-0.3, -0.25) is 4.79 Å². The predicted octanol–water partition coefficient (Wildman–Crippen LogP) is 4.11. The van der Waals surface area contributed by atoms with Gasteiger partial charge in [-0.15, -0.1) is 0 Å². The molecular formula is C24H26N2O4. The van der Waals surface area contributed by atoms with E-state index in [1.807, 2.05) is 68.4 Å². The van der Waals surface area contributed by atoms with Crippen molar-refractivity contribution in [1.82, 2.24) is 4.90 Å². The maximum absolute atomic E-state index is 13.3. The van der Waals surface area contributed by atoms with E-state index in [0.717, 1.165) is 28.8 Å². The van der Waals surface area contributed by atoms with Crippen LogP contribution in [0.1, 0.15) is 43.9 Å². The van der Waals surface area contributed by atoms with Crippen LogP contribution >= 0.6 is 0 Å². The monoisotopic (exact) mass is 406 g/mol. The molecule has 2 heterocycles. The minimum absolute atomic E-state index is 0.331. The first kappa shape index (κ1) is 20.1. The fraction of sp³-hybridized carbons (Fsp3) is 0.375. The summed E-state index contributed by atoms with van der Waals surface area (Å²) in [4.78, 5) is 32.7. The molecule has 6 nitrogen and oxygen atoms in total. The van der Waals surface area contributed by atoms with Gasteiger partial charge >= 0.3 is 6.09 Å². The molecule has 2 aliphatic heterocycles. The Morgan fingerprint density at radius 1 is 1.13 bits per heavy atom. The maximum atomic E-state index is 13.3. The third-order valence-electron chi connectivity index (χ3n) is 5.82. The number of hydrogen-bond acceptors (Lipinski definition) is 5. The van der Waals surface area contributed by atoms with Gasteiger partial charge in [0.1, 0.15) is 5.60 Å². The summed E-state index contributed by atoms with van der Waals surface area (Å²) in [6, 6.07) is 17.3. The number of aryl methyl sites for hydroxylation is 1. The standard InChI is InChI=1S/C24H26N2O4/c1-4-17-12-8-9-13-18(17)19-15-20(30-25-19)22(27)26-21(24(2,3)29-23(26)28)14-16-10-6-5-7-11-16/h5-13,20-21H,4,14-15H2,1-3H3/t20-,21-/m0/s1. The second-order valence-corrected chi connectivity index (χ2v) is 8.23. The first-order chi connectivity index (χ1) is 14.4. The van der Waals surface area contributed by atoms with Crippen molar-refractivity contribution in [1.29, 1.82) is 0 Å². The van der Waals surface area contributed by atoms with Crippen molar-refractivity contribution in [2.45, 2.75) is 57.8 Å². The SMILES string of the molecule is CCc1ccccc1C1=NO[C@H](C(=O)N2C(=O)OC(C)(C)[C@@H]2Cc2ccccc2)C1. The lowest BCUT2D eigenvalue weighted by molar-refractivity contribution is -0.140. The Morgan fingerprint density at radius 2 is 1.83 bits per heavy atom. The largest absolute Gasteiger partial charge is 0.441 e. The van der Waals surface area contributed by atoms with E-state index in [-0.39, 0.29) is 0 Å². The molecular weight excluding hydrogens is 380 g/mol. The van der Waals surface area contributed by atoms with Crippen LogP contribution in [0.4, 0.5) is 4.79 Å². The molecule has 0 saturated carbocycles. The second kappa shape index (κ2) is 7.94. The summed E-state index contributed by atoms with van der Waals surface area (Å²) >= 11 is 0.